The summed E-state index contributed by atoms with van der Waals surface area (Å²) < 4.78 is 14.3. The lowest BCUT2D eigenvalue weighted by Gasteiger charge is -2.27. The molecule has 1 saturated carbocycles. The second-order valence-corrected chi connectivity index (χ2v) is 6.35. The fourth-order valence-corrected chi connectivity index (χ4v) is 3.64. The molecule has 110 valence electrons. The lowest BCUT2D eigenvalue weighted by molar-refractivity contribution is -0.313. The minimum Gasteiger partial charge on any atom is -0.550 e. The summed E-state index contributed by atoms with van der Waals surface area (Å²) in [6.07, 6.45) is 4.33. The highest BCUT2D eigenvalue weighted by Gasteiger charge is 2.48. The highest BCUT2D eigenvalue weighted by molar-refractivity contribution is 9.10. The van der Waals surface area contributed by atoms with Gasteiger partial charge in [0.05, 0.1) is 11.6 Å². The van der Waals surface area contributed by atoms with Crippen LogP contribution in [0.5, 0.6) is 0 Å². The van der Waals surface area contributed by atoms with Gasteiger partial charge in [0.25, 0.3) is 0 Å². The van der Waals surface area contributed by atoms with E-state index in [1.54, 1.807) is 6.07 Å². The van der Waals surface area contributed by atoms with Crippen LogP contribution in [-0.4, -0.2) is 11.9 Å². The Morgan fingerprint density at radius 2 is 1.90 bits per heavy atom. The number of halogens is 2. The fourth-order valence-electron chi connectivity index (χ4n) is 3.31. The maximum absolute atomic E-state index is 13.8. The van der Waals surface area contributed by atoms with E-state index < -0.39 is 29.5 Å². The largest absolute Gasteiger partial charge is 0.550 e. The van der Waals surface area contributed by atoms with Crippen LogP contribution in [0.2, 0.25) is 0 Å². The third-order valence-electron chi connectivity index (χ3n) is 4.22. The van der Waals surface area contributed by atoms with Gasteiger partial charge < -0.3 is 15.2 Å². The van der Waals surface area contributed by atoms with Gasteiger partial charge in [-0.25, -0.2) is 4.39 Å². The molecule has 2 aliphatic rings. The second kappa shape index (κ2) is 5.26. The summed E-state index contributed by atoms with van der Waals surface area (Å²) in [5, 5.41) is 13.8. The van der Waals surface area contributed by atoms with Gasteiger partial charge in [0, 0.05) is 16.4 Å². The minimum atomic E-state index is -1.22. The molecular weight excluding hydrogens is 341 g/mol. The first-order valence-electron chi connectivity index (χ1n) is 6.62. The zero-order valence-corrected chi connectivity index (χ0v) is 12.5. The summed E-state index contributed by atoms with van der Waals surface area (Å²) in [5.41, 5.74) is 0.0482. The number of benzene rings is 1. The molecule has 21 heavy (non-hydrogen) atoms. The van der Waals surface area contributed by atoms with Crippen LogP contribution in [0.25, 0.3) is 0 Å². The monoisotopic (exact) mass is 352 g/mol. The van der Waals surface area contributed by atoms with E-state index in [0.29, 0.717) is 10.9 Å². The number of carboxylic acid groups (broad SMARTS) is 1. The average Bonchev–Trinajstić information content (AvgIpc) is 3.02. The van der Waals surface area contributed by atoms with E-state index in [1.807, 2.05) is 12.2 Å². The Labute approximate surface area is 129 Å². The quantitative estimate of drug-likeness (QED) is 0.842. The number of aliphatic carboxylic acids is 1. The molecule has 4 nitrogen and oxygen atoms in total. The van der Waals surface area contributed by atoms with Crippen molar-refractivity contribution in [1.82, 2.24) is 0 Å². The smallest absolute Gasteiger partial charge is 0.228 e. The third kappa shape index (κ3) is 2.48. The third-order valence-corrected chi connectivity index (χ3v) is 4.72. The van der Waals surface area contributed by atoms with E-state index in [-0.39, 0.29) is 17.5 Å². The maximum atomic E-state index is 13.8. The molecule has 0 heterocycles. The van der Waals surface area contributed by atoms with Crippen LogP contribution in [0, 0.1) is 29.5 Å². The van der Waals surface area contributed by atoms with Gasteiger partial charge in [0.2, 0.25) is 5.91 Å². The van der Waals surface area contributed by atoms with Gasteiger partial charge in [0.15, 0.2) is 0 Å². The Morgan fingerprint density at radius 1 is 1.24 bits per heavy atom. The van der Waals surface area contributed by atoms with E-state index >= 15 is 0 Å². The number of amides is 1. The normalized spacial score (nSPS) is 29.6. The van der Waals surface area contributed by atoms with Crippen molar-refractivity contribution in [3.63, 3.8) is 0 Å². The summed E-state index contributed by atoms with van der Waals surface area (Å²) in [6.45, 7) is 0. The highest BCUT2D eigenvalue weighted by atomic mass is 79.9. The van der Waals surface area contributed by atoms with E-state index in [9.17, 15) is 19.1 Å². The molecule has 0 saturated heterocycles. The topological polar surface area (TPSA) is 69.2 Å². The number of hydrogen-bond donors (Lipinski definition) is 1. The van der Waals surface area contributed by atoms with Crippen molar-refractivity contribution in [2.75, 3.05) is 5.32 Å². The first kappa shape index (κ1) is 14.3. The molecule has 1 aromatic rings. The molecule has 0 spiro atoms. The van der Waals surface area contributed by atoms with Crippen molar-refractivity contribution in [3.8, 4) is 0 Å². The molecule has 1 N–H and O–H groups in total. The number of carbonyl (C=O) groups is 2. The molecule has 2 aliphatic carbocycles. The number of carbonyl (C=O) groups excluding carboxylic acids is 2. The maximum Gasteiger partial charge on any atom is 0.228 e. The Balaban J connectivity index is 1.82. The SMILES string of the molecule is O=C([O-])[C@@H]1[C@H](C(=O)Nc2ccc(Br)cc2F)[C@@H]2C=C[C@H]1C2. The van der Waals surface area contributed by atoms with Gasteiger partial charge in [-0.15, -0.1) is 0 Å². The van der Waals surface area contributed by atoms with Crippen LogP contribution < -0.4 is 10.4 Å². The highest BCUT2D eigenvalue weighted by Crippen LogP contribution is 2.48. The van der Waals surface area contributed by atoms with Crippen molar-refractivity contribution < 1.29 is 19.1 Å². The Hall–Kier alpha value is -1.69. The van der Waals surface area contributed by atoms with Gasteiger partial charge in [-0.3, -0.25) is 4.79 Å². The summed E-state index contributed by atoms with van der Waals surface area (Å²) in [4.78, 5) is 23.6. The van der Waals surface area contributed by atoms with E-state index in [0.717, 1.165) is 0 Å². The van der Waals surface area contributed by atoms with Crippen molar-refractivity contribution in [3.05, 3.63) is 40.6 Å². The van der Waals surface area contributed by atoms with Crippen LogP contribution in [0.15, 0.2) is 34.8 Å². The summed E-state index contributed by atoms with van der Waals surface area (Å²) in [5.74, 6) is -4.07. The van der Waals surface area contributed by atoms with Crippen LogP contribution in [-0.2, 0) is 9.59 Å². The van der Waals surface area contributed by atoms with Crippen LogP contribution in [0.3, 0.4) is 0 Å². The lowest BCUT2D eigenvalue weighted by atomic mass is 9.82. The number of allylic oxidation sites excluding steroid dienone is 2. The molecule has 1 fully saturated rings. The van der Waals surface area contributed by atoms with Crippen molar-refractivity contribution in [1.29, 1.82) is 0 Å². The van der Waals surface area contributed by atoms with Crippen molar-refractivity contribution in [2.24, 2.45) is 23.7 Å². The van der Waals surface area contributed by atoms with Crippen molar-refractivity contribution >= 4 is 33.5 Å². The van der Waals surface area contributed by atoms with Gasteiger partial charge in [-0.05, 0) is 36.5 Å². The molecule has 0 aliphatic heterocycles. The Kier molecular flexibility index (Phi) is 3.57. The molecule has 1 amide bonds. The van der Waals surface area contributed by atoms with E-state index in [4.69, 9.17) is 0 Å². The number of carboxylic acids is 1. The minimum absolute atomic E-state index is 0.0482. The summed E-state index contributed by atoms with van der Waals surface area (Å²) in [7, 11) is 0. The molecule has 6 heteroatoms. The van der Waals surface area contributed by atoms with E-state index in [2.05, 4.69) is 21.2 Å². The number of anilines is 1. The predicted molar refractivity (Wildman–Crippen MR) is 75.5 cm³/mol. The zero-order valence-electron chi connectivity index (χ0n) is 10.9. The first-order valence-corrected chi connectivity index (χ1v) is 7.42. The Morgan fingerprint density at radius 3 is 2.52 bits per heavy atom. The predicted octanol–water partition coefficient (Wildman–Crippen LogP) is 1.71. The molecule has 2 bridgehead atoms. The fraction of sp³-hybridized carbons (Fsp3) is 0.333. The van der Waals surface area contributed by atoms with E-state index in [1.165, 1.54) is 12.1 Å². The Bertz CT molecular complexity index is 646. The summed E-state index contributed by atoms with van der Waals surface area (Å²) >= 11 is 3.14. The summed E-state index contributed by atoms with van der Waals surface area (Å²) in [6, 6.07) is 4.29. The standard InChI is InChI=1S/C15H13BrFNO3/c16-9-3-4-11(10(17)6-9)18-14(19)12-7-1-2-8(5-7)13(12)15(20)21/h1-4,6-8,12-13H,5H2,(H,18,19)(H,20,21)/p-1/t7-,8+,12-,13+/m1/s1. The average molecular weight is 353 g/mol. The number of fused-ring (bicyclic) bond motifs is 2. The van der Waals surface area contributed by atoms with Gasteiger partial charge in [-0.2, -0.15) is 0 Å². The number of nitrogens with one attached hydrogen (secondary N) is 1. The van der Waals surface area contributed by atoms with Gasteiger partial charge in [0.1, 0.15) is 5.82 Å². The van der Waals surface area contributed by atoms with Crippen LogP contribution in [0.4, 0.5) is 10.1 Å². The second-order valence-electron chi connectivity index (χ2n) is 5.43. The van der Waals surface area contributed by atoms with Gasteiger partial charge in [-0.1, -0.05) is 28.1 Å². The molecule has 1 aromatic carbocycles. The molecule has 3 rings (SSSR count). The molecule has 0 unspecified atom stereocenters. The number of rotatable bonds is 3. The van der Waals surface area contributed by atoms with Gasteiger partial charge >= 0.3 is 0 Å². The van der Waals surface area contributed by atoms with Crippen LogP contribution in [0.1, 0.15) is 6.42 Å². The van der Waals surface area contributed by atoms with Crippen molar-refractivity contribution in [2.45, 2.75) is 6.42 Å². The molecular formula is C15H12BrFNO3-. The molecule has 0 aromatic heterocycles. The molecule has 0 radical (unpaired) electrons. The lowest BCUT2D eigenvalue weighted by Crippen LogP contribution is -2.43. The number of hydrogen-bond acceptors (Lipinski definition) is 3. The first-order chi connectivity index (χ1) is 9.97. The zero-order chi connectivity index (χ0) is 15.1. The van der Waals surface area contributed by atoms with Crippen LogP contribution >= 0.6 is 15.9 Å². The molecule has 4 atom stereocenters.